The maximum Gasteiger partial charge on any atom is 0.274 e. The predicted octanol–water partition coefficient (Wildman–Crippen LogP) is 3.75. The number of hydrogen-bond donors (Lipinski definition) is 2. The summed E-state index contributed by atoms with van der Waals surface area (Å²) in [6.07, 6.45) is 7.05. The summed E-state index contributed by atoms with van der Waals surface area (Å²) in [6.45, 7) is 12.6. The highest BCUT2D eigenvalue weighted by atomic mass is 16.5. The number of hydrogen-bond acceptors (Lipinski definition) is 10. The maximum absolute atomic E-state index is 13.3. The van der Waals surface area contributed by atoms with Gasteiger partial charge in [0.1, 0.15) is 17.3 Å². The molecule has 8 rings (SSSR count). The lowest BCUT2D eigenvalue weighted by molar-refractivity contribution is -0.0691. The van der Waals surface area contributed by atoms with Crippen LogP contribution in [0.3, 0.4) is 0 Å². The van der Waals surface area contributed by atoms with Crippen LogP contribution in [0.5, 0.6) is 0 Å². The van der Waals surface area contributed by atoms with E-state index in [0.717, 1.165) is 63.4 Å². The Morgan fingerprint density at radius 3 is 2.57 bits per heavy atom. The Kier molecular flexibility index (Phi) is 7.84. The van der Waals surface area contributed by atoms with Crippen molar-refractivity contribution in [1.82, 2.24) is 24.0 Å². The number of pyridine rings is 3. The van der Waals surface area contributed by atoms with E-state index in [4.69, 9.17) is 4.74 Å². The average molecular weight is 665 g/mol. The minimum Gasteiger partial charge on any atom is -0.378 e. The molecule has 49 heavy (non-hydrogen) atoms. The van der Waals surface area contributed by atoms with Crippen molar-refractivity contribution in [2.45, 2.75) is 58.5 Å². The van der Waals surface area contributed by atoms with Crippen LogP contribution < -0.4 is 20.7 Å². The van der Waals surface area contributed by atoms with Gasteiger partial charge >= 0.3 is 0 Å². The summed E-state index contributed by atoms with van der Waals surface area (Å²) >= 11 is 0. The summed E-state index contributed by atoms with van der Waals surface area (Å²) in [7, 11) is 1.69. The molecule has 0 spiro atoms. The first kappa shape index (κ1) is 31.7. The molecule has 12 nitrogen and oxygen atoms in total. The first-order valence-corrected chi connectivity index (χ1v) is 17.2. The van der Waals surface area contributed by atoms with Gasteiger partial charge in [-0.05, 0) is 66.6 Å². The van der Waals surface area contributed by atoms with E-state index < -0.39 is 6.23 Å². The molecule has 0 aromatic carbocycles. The van der Waals surface area contributed by atoms with Crippen LogP contribution in [0, 0.1) is 5.41 Å². The van der Waals surface area contributed by atoms with Crippen LogP contribution in [-0.4, -0.2) is 86.9 Å². The van der Waals surface area contributed by atoms with Crippen LogP contribution in [0.2, 0.25) is 0 Å². The van der Waals surface area contributed by atoms with E-state index in [1.807, 2.05) is 18.3 Å². The lowest BCUT2D eigenvalue weighted by atomic mass is 9.90. The third-order valence-electron chi connectivity index (χ3n) is 10.8. The average Bonchev–Trinajstić information content (AvgIpc) is 3.55. The summed E-state index contributed by atoms with van der Waals surface area (Å²) in [5.41, 5.74) is 6.48. The van der Waals surface area contributed by atoms with Crippen LogP contribution in [0.1, 0.15) is 54.3 Å². The third kappa shape index (κ3) is 5.61. The van der Waals surface area contributed by atoms with Crippen molar-refractivity contribution in [3.8, 4) is 11.1 Å². The zero-order valence-electron chi connectivity index (χ0n) is 28.6. The van der Waals surface area contributed by atoms with Crippen molar-refractivity contribution in [3.05, 3.63) is 81.8 Å². The molecule has 12 heteroatoms. The van der Waals surface area contributed by atoms with Crippen molar-refractivity contribution in [3.63, 3.8) is 0 Å². The molecule has 7 heterocycles. The van der Waals surface area contributed by atoms with E-state index in [2.05, 4.69) is 56.5 Å². The van der Waals surface area contributed by atoms with Crippen LogP contribution in [0.4, 0.5) is 23.0 Å². The molecule has 4 aromatic heterocycles. The molecule has 2 N–H and O–H groups in total. The number of aldehydes is 1. The molecule has 1 unspecified atom stereocenters. The molecular formula is C37H44N8O4. The molecule has 256 valence electrons. The van der Waals surface area contributed by atoms with Gasteiger partial charge in [0.15, 0.2) is 12.5 Å². The third-order valence-corrected chi connectivity index (χ3v) is 10.8. The SMILES string of the molecule is C[C@H]1CN(C2COC2)CCN1c1ccc(Nc2cc(-c3ccnc(N4CCn5c(cc6c5CC(C)(C)C6)C4O)c3C=O)cn(C)c2=O)nc1. The highest BCUT2D eigenvalue weighted by Crippen LogP contribution is 2.42. The number of aryl methyl sites for hydroxylation is 1. The quantitative estimate of drug-likeness (QED) is 0.283. The Morgan fingerprint density at radius 1 is 1.04 bits per heavy atom. The van der Waals surface area contributed by atoms with Crippen molar-refractivity contribution >= 4 is 29.3 Å². The zero-order chi connectivity index (χ0) is 34.0. The second-order valence-corrected chi connectivity index (χ2v) is 14.8. The second-order valence-electron chi connectivity index (χ2n) is 14.8. The number of aliphatic hydroxyl groups is 1. The van der Waals surface area contributed by atoms with Gasteiger partial charge in [-0.2, -0.15) is 0 Å². The van der Waals surface area contributed by atoms with Gasteiger partial charge in [-0.15, -0.1) is 0 Å². The maximum atomic E-state index is 13.3. The fraction of sp³-hybridized carbons (Fsp3) is 0.459. The zero-order valence-corrected chi connectivity index (χ0v) is 28.6. The fourth-order valence-corrected chi connectivity index (χ4v) is 8.16. The number of aromatic nitrogens is 4. The van der Waals surface area contributed by atoms with E-state index in [-0.39, 0.29) is 11.0 Å². The highest BCUT2D eigenvalue weighted by Gasteiger charge is 2.38. The largest absolute Gasteiger partial charge is 0.378 e. The smallest absolute Gasteiger partial charge is 0.274 e. The number of nitrogens with one attached hydrogen (secondary N) is 1. The number of carbonyl (C=O) groups excluding carboxylic acids is 1. The molecule has 2 saturated heterocycles. The Bertz CT molecular complexity index is 1960. The number of fused-ring (bicyclic) bond motifs is 3. The van der Waals surface area contributed by atoms with Gasteiger partial charge in [0, 0.05) is 69.5 Å². The number of nitrogens with zero attached hydrogens (tertiary/aromatic N) is 7. The summed E-state index contributed by atoms with van der Waals surface area (Å²) in [5.74, 6) is 0.973. The molecule has 0 amide bonds. The van der Waals surface area contributed by atoms with Gasteiger partial charge in [-0.1, -0.05) is 13.8 Å². The lowest BCUT2D eigenvalue weighted by Gasteiger charge is -2.46. The first-order chi connectivity index (χ1) is 23.6. The minimum absolute atomic E-state index is 0.218. The van der Waals surface area contributed by atoms with Crippen LogP contribution in [-0.2, 0) is 31.2 Å². The molecule has 2 atom stereocenters. The second kappa shape index (κ2) is 12.1. The highest BCUT2D eigenvalue weighted by molar-refractivity contribution is 5.94. The monoisotopic (exact) mass is 664 g/mol. The van der Waals surface area contributed by atoms with E-state index in [1.165, 1.54) is 15.8 Å². The number of piperazine rings is 1. The van der Waals surface area contributed by atoms with E-state index in [9.17, 15) is 14.7 Å². The van der Waals surface area contributed by atoms with Crippen molar-refractivity contribution < 1.29 is 14.6 Å². The first-order valence-electron chi connectivity index (χ1n) is 17.2. The number of aliphatic hydroxyl groups excluding tert-OH is 1. The number of ether oxygens (including phenoxy) is 1. The normalized spacial score (nSPS) is 22.1. The molecule has 4 aliphatic rings. The van der Waals surface area contributed by atoms with Gasteiger partial charge in [0.25, 0.3) is 5.56 Å². The van der Waals surface area contributed by atoms with E-state index in [1.54, 1.807) is 36.5 Å². The molecule has 4 aromatic rings. The fourth-order valence-electron chi connectivity index (χ4n) is 8.16. The van der Waals surface area contributed by atoms with Crippen molar-refractivity contribution in [2.75, 3.05) is 54.5 Å². The van der Waals surface area contributed by atoms with Gasteiger partial charge in [0.2, 0.25) is 0 Å². The Balaban J connectivity index is 1.04. The molecule has 1 aliphatic carbocycles. The predicted molar refractivity (Wildman–Crippen MR) is 189 cm³/mol. The molecule has 0 bridgehead atoms. The number of anilines is 4. The molecule has 0 radical (unpaired) electrons. The molecule has 3 aliphatic heterocycles. The van der Waals surface area contributed by atoms with E-state index >= 15 is 0 Å². The topological polar surface area (TPSA) is 121 Å². The van der Waals surface area contributed by atoms with Gasteiger partial charge in [0.05, 0.1) is 42.4 Å². The molecule has 2 fully saturated rings. The summed E-state index contributed by atoms with van der Waals surface area (Å²) in [6, 6.07) is 10.5. The van der Waals surface area contributed by atoms with Gasteiger partial charge in [-0.3, -0.25) is 14.5 Å². The molecular weight excluding hydrogens is 620 g/mol. The van der Waals surface area contributed by atoms with Crippen molar-refractivity contribution in [1.29, 1.82) is 0 Å². The Morgan fingerprint density at radius 2 is 1.86 bits per heavy atom. The molecule has 0 saturated carbocycles. The number of rotatable bonds is 7. The van der Waals surface area contributed by atoms with Crippen LogP contribution in [0.15, 0.2) is 53.7 Å². The summed E-state index contributed by atoms with van der Waals surface area (Å²) < 4.78 is 9.13. The Hall–Kier alpha value is -4.52. The van der Waals surface area contributed by atoms with Crippen LogP contribution in [0.25, 0.3) is 11.1 Å². The van der Waals surface area contributed by atoms with Crippen molar-refractivity contribution in [2.24, 2.45) is 12.5 Å². The standard InChI is InChI=1S/C37H44N8O4/c1-23-18-42(27-21-49-22-27)9-10-43(23)26-5-6-33(39-17-26)40-30-13-25(19-41(4)35(30)47)28-7-8-38-34(29(28)20-46)45-12-11-44-31(36(45)48)14-24-15-37(2,3)16-32(24)44/h5-8,13-14,17,19-20,23,27,36,48H,9-12,15-16,18,21-22H2,1-4H3,(H,39,40)/t23-,36?/m0/s1. The van der Waals surface area contributed by atoms with Crippen LogP contribution >= 0.6 is 0 Å². The van der Waals surface area contributed by atoms with Gasteiger partial charge in [-0.25, -0.2) is 9.97 Å². The summed E-state index contributed by atoms with van der Waals surface area (Å²) in [4.78, 5) is 41.9. The van der Waals surface area contributed by atoms with E-state index in [0.29, 0.717) is 59.2 Å². The Labute approximate surface area is 285 Å². The van der Waals surface area contributed by atoms with Gasteiger partial charge < -0.3 is 34.1 Å². The minimum atomic E-state index is -0.931. The lowest BCUT2D eigenvalue weighted by Crippen LogP contribution is -2.59. The number of carbonyl (C=O) groups is 1. The summed E-state index contributed by atoms with van der Waals surface area (Å²) in [5, 5.41) is 14.8.